The first-order valence-electron chi connectivity index (χ1n) is 6.07. The van der Waals surface area contributed by atoms with Gasteiger partial charge in [-0.05, 0) is 18.8 Å². The summed E-state index contributed by atoms with van der Waals surface area (Å²) in [5.41, 5.74) is 5.81. The first-order chi connectivity index (χ1) is 8.91. The maximum atomic E-state index is 11.6. The van der Waals surface area contributed by atoms with Gasteiger partial charge in [0.05, 0.1) is 0 Å². The molecule has 2 rings (SSSR count). The molecule has 1 aliphatic heterocycles. The van der Waals surface area contributed by atoms with Crippen LogP contribution in [0.2, 0.25) is 0 Å². The van der Waals surface area contributed by atoms with Crippen LogP contribution in [0.1, 0.15) is 12.8 Å². The summed E-state index contributed by atoms with van der Waals surface area (Å²) in [7, 11) is 1.20. The lowest BCUT2D eigenvalue weighted by Crippen LogP contribution is -2.45. The van der Waals surface area contributed by atoms with E-state index in [1.54, 1.807) is 0 Å². The summed E-state index contributed by atoms with van der Waals surface area (Å²) >= 11 is 0. The predicted octanol–water partition coefficient (Wildman–Crippen LogP) is -1.32. The molecule has 112 valence electrons. The zero-order valence-electron chi connectivity index (χ0n) is 11.0. The summed E-state index contributed by atoms with van der Waals surface area (Å²) in [6, 6.07) is -0.880. The molecule has 0 bridgehead atoms. The summed E-state index contributed by atoms with van der Waals surface area (Å²) in [5.74, 6) is -1.95. The third-order valence-corrected chi connectivity index (χ3v) is 3.31. The second-order valence-electron chi connectivity index (χ2n) is 4.84. The van der Waals surface area contributed by atoms with Gasteiger partial charge >= 0.3 is 17.8 Å². The van der Waals surface area contributed by atoms with Crippen molar-refractivity contribution in [1.29, 1.82) is 0 Å². The zero-order chi connectivity index (χ0) is 14.2. The summed E-state index contributed by atoms with van der Waals surface area (Å²) < 4.78 is 0. The van der Waals surface area contributed by atoms with Gasteiger partial charge < -0.3 is 11.1 Å². The van der Waals surface area contributed by atoms with Crippen LogP contribution in [-0.2, 0) is 14.4 Å². The van der Waals surface area contributed by atoms with Crippen molar-refractivity contribution in [2.45, 2.75) is 18.9 Å². The molecule has 20 heavy (non-hydrogen) atoms. The number of nitrogens with two attached hydrogens (primary N) is 1. The number of imide groups is 2. The molecule has 1 heterocycles. The molecule has 9 heteroatoms. The van der Waals surface area contributed by atoms with E-state index in [2.05, 4.69) is 5.32 Å². The van der Waals surface area contributed by atoms with Crippen molar-refractivity contribution >= 4 is 36.2 Å². The lowest BCUT2D eigenvalue weighted by molar-refractivity contribution is -0.143. The van der Waals surface area contributed by atoms with Crippen molar-refractivity contribution in [2.75, 3.05) is 20.1 Å². The Labute approximate surface area is 122 Å². The van der Waals surface area contributed by atoms with Gasteiger partial charge in [-0.25, -0.2) is 9.69 Å². The van der Waals surface area contributed by atoms with E-state index in [1.807, 2.05) is 0 Å². The average molecular weight is 305 g/mol. The predicted molar refractivity (Wildman–Crippen MR) is 70.8 cm³/mol. The Balaban J connectivity index is 0.00000200. The number of nitrogens with one attached hydrogen (secondary N) is 1. The van der Waals surface area contributed by atoms with E-state index in [0.717, 1.165) is 12.8 Å². The Hall–Kier alpha value is -1.67. The van der Waals surface area contributed by atoms with Gasteiger partial charge in [0.25, 0.3) is 0 Å². The van der Waals surface area contributed by atoms with Gasteiger partial charge in [0.1, 0.15) is 6.54 Å². The van der Waals surface area contributed by atoms with Crippen LogP contribution in [-0.4, -0.2) is 59.7 Å². The molecular weight excluding hydrogens is 288 g/mol. The van der Waals surface area contributed by atoms with E-state index in [0.29, 0.717) is 22.3 Å². The fourth-order valence-corrected chi connectivity index (χ4v) is 1.88. The van der Waals surface area contributed by atoms with E-state index in [9.17, 15) is 19.2 Å². The molecule has 0 radical (unpaired) electrons. The second kappa shape index (κ2) is 6.19. The van der Waals surface area contributed by atoms with Crippen molar-refractivity contribution in [3.8, 4) is 0 Å². The highest BCUT2D eigenvalue weighted by atomic mass is 35.5. The number of nitrogens with zero attached hydrogens (tertiary/aromatic N) is 2. The SMILES string of the molecule is CN1C(=O)C(=O)N(CC(=O)NCC(N)C2CC2)C1=O.Cl. The van der Waals surface area contributed by atoms with Crippen LogP contribution in [0.25, 0.3) is 0 Å². The van der Waals surface area contributed by atoms with Gasteiger partial charge in [0.15, 0.2) is 0 Å². The first-order valence-corrected chi connectivity index (χ1v) is 6.07. The summed E-state index contributed by atoms with van der Waals surface area (Å²) in [4.78, 5) is 47.1. The molecule has 1 aliphatic carbocycles. The van der Waals surface area contributed by atoms with Crippen LogP contribution in [0.15, 0.2) is 0 Å². The number of carbonyl (C=O) groups excluding carboxylic acids is 4. The smallest absolute Gasteiger partial charge is 0.334 e. The topological polar surface area (TPSA) is 113 Å². The molecule has 3 N–H and O–H groups in total. The molecule has 1 saturated heterocycles. The van der Waals surface area contributed by atoms with E-state index in [1.165, 1.54) is 7.05 Å². The number of likely N-dealkylation sites (N-methyl/N-ethyl adjacent to an activating group) is 1. The van der Waals surface area contributed by atoms with Crippen molar-refractivity contribution < 1.29 is 19.2 Å². The lowest BCUT2D eigenvalue weighted by Gasteiger charge is -2.15. The van der Waals surface area contributed by atoms with Crippen molar-refractivity contribution in [3.05, 3.63) is 0 Å². The standard InChI is InChI=1S/C11H16N4O4.ClH/c1-14-9(17)10(18)15(11(14)19)5-8(16)13-4-7(12)6-2-3-6;/h6-7H,2-5,12H2,1H3,(H,13,16);1H. The van der Waals surface area contributed by atoms with Gasteiger partial charge in [-0.1, -0.05) is 0 Å². The molecule has 8 nitrogen and oxygen atoms in total. The summed E-state index contributed by atoms with van der Waals surface area (Å²) in [6.07, 6.45) is 2.14. The number of urea groups is 1. The molecule has 0 aromatic heterocycles. The quantitative estimate of drug-likeness (QED) is 0.483. The number of halogens is 1. The minimum absolute atomic E-state index is 0. The highest BCUT2D eigenvalue weighted by molar-refractivity contribution is 6.44. The maximum Gasteiger partial charge on any atom is 0.334 e. The van der Waals surface area contributed by atoms with Crippen LogP contribution in [0, 0.1) is 5.92 Å². The number of rotatable bonds is 5. The molecule has 1 atom stereocenters. The summed E-state index contributed by atoms with van der Waals surface area (Å²) in [6.45, 7) is -0.144. The highest BCUT2D eigenvalue weighted by Crippen LogP contribution is 2.31. The minimum atomic E-state index is -0.978. The third-order valence-electron chi connectivity index (χ3n) is 3.31. The Morgan fingerprint density at radius 2 is 1.95 bits per heavy atom. The van der Waals surface area contributed by atoms with E-state index >= 15 is 0 Å². The molecule has 2 fully saturated rings. The monoisotopic (exact) mass is 304 g/mol. The molecule has 0 spiro atoms. The number of carbonyl (C=O) groups is 4. The van der Waals surface area contributed by atoms with E-state index in [-0.39, 0.29) is 18.4 Å². The van der Waals surface area contributed by atoms with E-state index < -0.39 is 30.3 Å². The molecular formula is C11H17ClN4O4. The molecule has 2 aliphatic rings. The van der Waals surface area contributed by atoms with Gasteiger partial charge in [-0.3, -0.25) is 19.3 Å². The van der Waals surface area contributed by atoms with Gasteiger partial charge in [-0.2, -0.15) is 0 Å². The van der Waals surface area contributed by atoms with Crippen LogP contribution < -0.4 is 11.1 Å². The molecule has 1 saturated carbocycles. The minimum Gasteiger partial charge on any atom is -0.353 e. The number of hydrogen-bond acceptors (Lipinski definition) is 5. The molecule has 0 aromatic carbocycles. The Kier molecular flexibility index (Phi) is 5.07. The van der Waals surface area contributed by atoms with Crippen LogP contribution in [0.3, 0.4) is 0 Å². The van der Waals surface area contributed by atoms with Crippen LogP contribution >= 0.6 is 12.4 Å². The first kappa shape index (κ1) is 16.4. The molecule has 1 unspecified atom stereocenters. The number of hydrogen-bond donors (Lipinski definition) is 2. The molecule has 0 aromatic rings. The summed E-state index contributed by atoms with van der Waals surface area (Å²) in [5, 5.41) is 2.56. The Morgan fingerprint density at radius 3 is 2.40 bits per heavy atom. The maximum absolute atomic E-state index is 11.6. The van der Waals surface area contributed by atoms with Crippen LogP contribution in [0.5, 0.6) is 0 Å². The van der Waals surface area contributed by atoms with Crippen molar-refractivity contribution in [3.63, 3.8) is 0 Å². The zero-order valence-corrected chi connectivity index (χ0v) is 11.8. The Bertz CT molecular complexity index is 452. The number of amides is 5. The Morgan fingerprint density at radius 1 is 1.35 bits per heavy atom. The third kappa shape index (κ3) is 3.26. The van der Waals surface area contributed by atoms with Gasteiger partial charge in [0, 0.05) is 19.6 Å². The van der Waals surface area contributed by atoms with Gasteiger partial charge in [0.2, 0.25) is 5.91 Å². The second-order valence-corrected chi connectivity index (χ2v) is 4.84. The van der Waals surface area contributed by atoms with E-state index in [4.69, 9.17) is 5.73 Å². The normalized spacial score (nSPS) is 20.0. The fraction of sp³-hybridized carbons (Fsp3) is 0.636. The lowest BCUT2D eigenvalue weighted by atomic mass is 10.2. The van der Waals surface area contributed by atoms with Crippen LogP contribution in [0.4, 0.5) is 4.79 Å². The highest BCUT2D eigenvalue weighted by Gasteiger charge is 2.43. The van der Waals surface area contributed by atoms with Crippen molar-refractivity contribution in [1.82, 2.24) is 15.1 Å². The molecule has 5 amide bonds. The fourth-order valence-electron chi connectivity index (χ4n) is 1.88. The van der Waals surface area contributed by atoms with Gasteiger partial charge in [-0.15, -0.1) is 12.4 Å². The largest absolute Gasteiger partial charge is 0.353 e. The van der Waals surface area contributed by atoms with Crippen molar-refractivity contribution in [2.24, 2.45) is 11.7 Å². The average Bonchev–Trinajstić information content (AvgIpc) is 3.20.